The second-order valence-corrected chi connectivity index (χ2v) is 8.22. The lowest BCUT2D eigenvalue weighted by Gasteiger charge is -2.19. The molecule has 0 bridgehead atoms. The average Bonchev–Trinajstić information content (AvgIpc) is 2.77. The Morgan fingerprint density at radius 2 is 1.61 bits per heavy atom. The van der Waals surface area contributed by atoms with Crippen molar-refractivity contribution in [1.82, 2.24) is 0 Å². The summed E-state index contributed by atoms with van der Waals surface area (Å²) < 4.78 is 5.96. The first-order chi connectivity index (χ1) is 14.5. The monoisotopic (exact) mass is 439 g/mol. The summed E-state index contributed by atoms with van der Waals surface area (Å²) in [7, 11) is 0. The van der Waals surface area contributed by atoms with Crippen LogP contribution in [0.25, 0.3) is 0 Å². The molecule has 0 radical (unpaired) electrons. The van der Waals surface area contributed by atoms with Crippen LogP contribution in [0.3, 0.4) is 0 Å². The first-order valence-corrected chi connectivity index (χ1v) is 10.9. The van der Waals surface area contributed by atoms with Crippen LogP contribution in [0.5, 0.6) is 5.75 Å². The Kier molecular flexibility index (Phi) is 10.1. The van der Waals surface area contributed by atoms with Gasteiger partial charge in [-0.1, -0.05) is 66.2 Å². The molecule has 0 aromatic heterocycles. The van der Waals surface area contributed by atoms with Gasteiger partial charge in [-0.05, 0) is 61.6 Å². The van der Waals surface area contributed by atoms with Gasteiger partial charge in [-0.2, -0.15) is 0 Å². The van der Waals surface area contributed by atoms with E-state index >= 15 is 0 Å². The number of nitrogens with two attached hydrogens (primary N) is 1. The van der Waals surface area contributed by atoms with Gasteiger partial charge in [-0.25, -0.2) is 0 Å². The fraction of sp³-hybridized carbons (Fsp3) is 0.333. The maximum absolute atomic E-state index is 10.8. The minimum Gasteiger partial charge on any atom is -1.00 e. The molecule has 4 heteroatoms. The average molecular weight is 440 g/mol. The van der Waals surface area contributed by atoms with E-state index < -0.39 is 6.10 Å². The van der Waals surface area contributed by atoms with Crippen molar-refractivity contribution in [2.45, 2.75) is 52.4 Å². The Hall–Kier alpha value is -2.33. The van der Waals surface area contributed by atoms with Crippen molar-refractivity contribution in [3.05, 3.63) is 101 Å². The Labute approximate surface area is 192 Å². The molecule has 3 rings (SSSR count). The van der Waals surface area contributed by atoms with Crippen molar-refractivity contribution < 1.29 is 27.6 Å². The number of halogens is 1. The number of benzene rings is 3. The summed E-state index contributed by atoms with van der Waals surface area (Å²) in [6, 6.07) is 25.0. The summed E-state index contributed by atoms with van der Waals surface area (Å²) in [5.41, 5.74) is 5.82. The Balaban J connectivity index is 0.00000341. The molecule has 0 aliphatic carbocycles. The maximum Gasteiger partial charge on any atom is 0.130 e. The molecule has 0 heterocycles. The number of hydrogen-bond acceptors (Lipinski definition) is 2. The van der Waals surface area contributed by atoms with E-state index in [-0.39, 0.29) is 18.4 Å². The smallest absolute Gasteiger partial charge is 0.130 e. The topological polar surface area (TPSA) is 46.1 Å². The zero-order chi connectivity index (χ0) is 21.3. The highest BCUT2D eigenvalue weighted by atomic mass is 35.5. The quantitative estimate of drug-likeness (QED) is 0.470. The number of hydrogen-bond donors (Lipinski definition) is 2. The van der Waals surface area contributed by atoms with Gasteiger partial charge < -0.3 is 27.6 Å². The number of aliphatic hydroxyl groups excluding tert-OH is 1. The molecule has 0 spiro atoms. The van der Waals surface area contributed by atoms with Crippen LogP contribution < -0.4 is 22.5 Å². The van der Waals surface area contributed by atoms with Crippen LogP contribution in [0.15, 0.2) is 72.8 Å². The molecule has 31 heavy (non-hydrogen) atoms. The predicted molar refractivity (Wildman–Crippen MR) is 123 cm³/mol. The lowest BCUT2D eigenvalue weighted by Crippen LogP contribution is -3.00. The van der Waals surface area contributed by atoms with Gasteiger partial charge in [-0.15, -0.1) is 0 Å². The van der Waals surface area contributed by atoms with Crippen molar-refractivity contribution in [3.63, 3.8) is 0 Å². The lowest BCUT2D eigenvalue weighted by atomic mass is 10.0. The molecule has 2 unspecified atom stereocenters. The minimum absolute atomic E-state index is 0. The van der Waals surface area contributed by atoms with E-state index in [1.165, 1.54) is 11.1 Å². The lowest BCUT2D eigenvalue weighted by molar-refractivity contribution is -0.694. The van der Waals surface area contributed by atoms with E-state index in [1.807, 2.05) is 43.3 Å². The van der Waals surface area contributed by atoms with Crippen molar-refractivity contribution in [3.8, 4) is 5.75 Å². The standard InChI is InChI=1S/C27H33NO2.ClH/c1-20-11-13-23(14-12-20)10-7-17-28-22(3)27(29)25-15-16-26(21(2)18-25)30-19-24-8-5-4-6-9-24;/h4-6,8-9,11-16,18,22,27-29H,7,10,17,19H2,1-3H3;1H. The van der Waals surface area contributed by atoms with E-state index in [0.29, 0.717) is 6.61 Å². The number of quaternary nitrogens is 1. The summed E-state index contributed by atoms with van der Waals surface area (Å²) in [4.78, 5) is 0. The highest BCUT2D eigenvalue weighted by Gasteiger charge is 2.19. The van der Waals surface area contributed by atoms with E-state index in [9.17, 15) is 5.11 Å². The summed E-state index contributed by atoms with van der Waals surface area (Å²) in [5, 5.41) is 13.0. The third-order valence-corrected chi connectivity index (χ3v) is 5.60. The molecule has 0 saturated heterocycles. The molecule has 0 fully saturated rings. The zero-order valence-corrected chi connectivity index (χ0v) is 19.5. The van der Waals surface area contributed by atoms with Crippen LogP contribution in [0.4, 0.5) is 0 Å². The van der Waals surface area contributed by atoms with E-state index in [4.69, 9.17) is 4.74 Å². The van der Waals surface area contributed by atoms with Gasteiger partial charge in [0.25, 0.3) is 0 Å². The molecule has 166 valence electrons. The molecule has 3 aromatic carbocycles. The van der Waals surface area contributed by atoms with E-state index in [1.54, 1.807) is 0 Å². The number of rotatable bonds is 10. The van der Waals surface area contributed by atoms with Crippen LogP contribution in [-0.2, 0) is 13.0 Å². The molecule has 0 amide bonds. The molecular weight excluding hydrogens is 406 g/mol. The van der Waals surface area contributed by atoms with E-state index in [0.717, 1.165) is 41.8 Å². The molecule has 3 N–H and O–H groups in total. The number of aliphatic hydroxyl groups is 1. The van der Waals surface area contributed by atoms with Crippen LogP contribution in [0, 0.1) is 13.8 Å². The Morgan fingerprint density at radius 3 is 2.29 bits per heavy atom. The fourth-order valence-electron chi connectivity index (χ4n) is 3.63. The Morgan fingerprint density at radius 1 is 0.903 bits per heavy atom. The highest BCUT2D eigenvalue weighted by Crippen LogP contribution is 2.24. The van der Waals surface area contributed by atoms with Crippen molar-refractivity contribution >= 4 is 0 Å². The normalized spacial score (nSPS) is 12.6. The highest BCUT2D eigenvalue weighted by molar-refractivity contribution is 5.37. The minimum atomic E-state index is -0.494. The first kappa shape index (κ1) is 24.9. The predicted octanol–water partition coefficient (Wildman–Crippen LogP) is 1.50. The van der Waals surface area contributed by atoms with Gasteiger partial charge in [0.2, 0.25) is 0 Å². The second kappa shape index (κ2) is 12.5. The first-order valence-electron chi connectivity index (χ1n) is 10.9. The zero-order valence-electron chi connectivity index (χ0n) is 18.7. The van der Waals surface area contributed by atoms with Gasteiger partial charge >= 0.3 is 0 Å². The van der Waals surface area contributed by atoms with E-state index in [2.05, 4.69) is 55.6 Å². The van der Waals surface area contributed by atoms with Gasteiger partial charge in [0, 0.05) is 6.42 Å². The summed E-state index contributed by atoms with van der Waals surface area (Å²) >= 11 is 0. The SMILES string of the molecule is Cc1ccc(CCC[NH2+]C(C)C(O)c2ccc(OCc3ccccc3)c(C)c2)cc1.[Cl-]. The van der Waals surface area contributed by atoms with Gasteiger partial charge in [-0.3, -0.25) is 0 Å². The summed E-state index contributed by atoms with van der Waals surface area (Å²) in [6.07, 6.45) is 1.68. The fourth-order valence-corrected chi connectivity index (χ4v) is 3.63. The molecule has 0 aliphatic rings. The van der Waals surface area contributed by atoms with Crippen LogP contribution in [0.2, 0.25) is 0 Å². The van der Waals surface area contributed by atoms with Gasteiger partial charge in [0.1, 0.15) is 24.5 Å². The molecule has 3 aromatic rings. The van der Waals surface area contributed by atoms with Gasteiger partial charge in [0.15, 0.2) is 0 Å². The summed E-state index contributed by atoms with van der Waals surface area (Å²) in [5.74, 6) is 0.865. The molecular formula is C27H34ClNO2. The van der Waals surface area contributed by atoms with Crippen molar-refractivity contribution in [2.75, 3.05) is 6.54 Å². The number of ether oxygens (including phenoxy) is 1. The van der Waals surface area contributed by atoms with Crippen molar-refractivity contribution in [1.29, 1.82) is 0 Å². The maximum atomic E-state index is 10.8. The van der Waals surface area contributed by atoms with Crippen LogP contribution in [0.1, 0.15) is 47.3 Å². The van der Waals surface area contributed by atoms with Crippen molar-refractivity contribution in [2.24, 2.45) is 0 Å². The van der Waals surface area contributed by atoms with Gasteiger partial charge in [0.05, 0.1) is 6.54 Å². The second-order valence-electron chi connectivity index (χ2n) is 8.22. The number of aryl methyl sites for hydroxylation is 3. The molecule has 3 nitrogen and oxygen atoms in total. The third-order valence-electron chi connectivity index (χ3n) is 5.60. The van der Waals surface area contributed by atoms with Crippen LogP contribution in [-0.4, -0.2) is 17.7 Å². The summed E-state index contributed by atoms with van der Waals surface area (Å²) in [6.45, 7) is 7.79. The third kappa shape index (κ3) is 7.70. The van der Waals surface area contributed by atoms with Crippen LogP contribution >= 0.6 is 0 Å². The molecule has 0 aliphatic heterocycles. The largest absolute Gasteiger partial charge is 1.00 e. The Bertz CT molecular complexity index is 912. The molecule has 0 saturated carbocycles. The molecule has 2 atom stereocenters.